The Morgan fingerprint density at radius 2 is 2.10 bits per heavy atom. The third-order valence-electron chi connectivity index (χ3n) is 3.18. The van der Waals surface area contributed by atoms with Gasteiger partial charge in [0.1, 0.15) is 10.1 Å². The zero-order chi connectivity index (χ0) is 14.9. The van der Waals surface area contributed by atoms with E-state index >= 15 is 0 Å². The first-order valence-corrected chi connectivity index (χ1v) is 7.63. The summed E-state index contributed by atoms with van der Waals surface area (Å²) in [7, 11) is 1.63. The standard InChI is InChI=1S/C14H15Cl2NO2S/c1-7-6-17-10(8(2)13(7)19-3)5-11(18)9-4-12(15)20-14(9)16/h4,6,11,18H,5H2,1-3H3. The van der Waals surface area contributed by atoms with Crippen LogP contribution in [0.25, 0.3) is 0 Å². The van der Waals surface area contributed by atoms with Gasteiger partial charge in [0.05, 0.1) is 17.6 Å². The third-order valence-corrected chi connectivity index (χ3v) is 4.70. The highest BCUT2D eigenvalue weighted by atomic mass is 35.5. The van der Waals surface area contributed by atoms with Crippen LogP contribution < -0.4 is 4.74 Å². The summed E-state index contributed by atoms with van der Waals surface area (Å²) in [6.07, 6.45) is 1.38. The number of nitrogens with zero attached hydrogens (tertiary/aromatic N) is 1. The summed E-state index contributed by atoms with van der Waals surface area (Å²) in [5, 5.41) is 10.3. The molecule has 2 aromatic heterocycles. The smallest absolute Gasteiger partial charge is 0.128 e. The van der Waals surface area contributed by atoms with E-state index in [0.29, 0.717) is 20.7 Å². The van der Waals surface area contributed by atoms with Gasteiger partial charge in [0.25, 0.3) is 0 Å². The summed E-state index contributed by atoms with van der Waals surface area (Å²) >= 11 is 13.2. The molecule has 1 atom stereocenters. The zero-order valence-electron chi connectivity index (χ0n) is 11.4. The first kappa shape index (κ1) is 15.6. The van der Waals surface area contributed by atoms with Crippen LogP contribution in [0.5, 0.6) is 5.75 Å². The van der Waals surface area contributed by atoms with E-state index in [1.54, 1.807) is 19.4 Å². The number of thiophene rings is 1. The minimum absolute atomic E-state index is 0.370. The van der Waals surface area contributed by atoms with Crippen molar-refractivity contribution in [1.29, 1.82) is 0 Å². The molecule has 1 N–H and O–H groups in total. The van der Waals surface area contributed by atoms with Gasteiger partial charge in [-0.3, -0.25) is 4.98 Å². The highest BCUT2D eigenvalue weighted by molar-refractivity contribution is 7.20. The summed E-state index contributed by atoms with van der Waals surface area (Å²) in [6, 6.07) is 1.69. The van der Waals surface area contributed by atoms with Crippen molar-refractivity contribution in [3.05, 3.63) is 43.3 Å². The van der Waals surface area contributed by atoms with Crippen LogP contribution in [0.1, 0.15) is 28.5 Å². The van der Waals surface area contributed by atoms with Crippen molar-refractivity contribution in [2.75, 3.05) is 7.11 Å². The Morgan fingerprint density at radius 1 is 1.40 bits per heavy atom. The molecule has 0 aliphatic heterocycles. The molecular weight excluding hydrogens is 317 g/mol. The van der Waals surface area contributed by atoms with Gasteiger partial charge in [0, 0.05) is 35.0 Å². The maximum Gasteiger partial charge on any atom is 0.128 e. The fourth-order valence-electron chi connectivity index (χ4n) is 2.15. The lowest BCUT2D eigenvalue weighted by Gasteiger charge is -2.15. The second-order valence-corrected chi connectivity index (χ2v) is 6.83. The van der Waals surface area contributed by atoms with Crippen molar-refractivity contribution in [3.8, 4) is 5.75 Å². The molecule has 0 radical (unpaired) electrons. The topological polar surface area (TPSA) is 42.4 Å². The van der Waals surface area contributed by atoms with Crippen LogP contribution in [0.3, 0.4) is 0 Å². The van der Waals surface area contributed by atoms with Crippen LogP contribution in [-0.2, 0) is 6.42 Å². The van der Waals surface area contributed by atoms with Gasteiger partial charge >= 0.3 is 0 Å². The molecule has 0 aliphatic carbocycles. The molecule has 0 bridgehead atoms. The van der Waals surface area contributed by atoms with Gasteiger partial charge in [-0.15, -0.1) is 11.3 Å². The number of aliphatic hydroxyl groups is 1. The minimum Gasteiger partial charge on any atom is -0.496 e. The number of hydrogen-bond donors (Lipinski definition) is 1. The van der Waals surface area contributed by atoms with Crippen LogP contribution in [0, 0.1) is 13.8 Å². The van der Waals surface area contributed by atoms with E-state index < -0.39 is 6.10 Å². The van der Waals surface area contributed by atoms with Crippen molar-refractivity contribution >= 4 is 34.5 Å². The number of ether oxygens (including phenoxy) is 1. The summed E-state index contributed by atoms with van der Waals surface area (Å²) in [5.74, 6) is 0.802. The molecule has 0 aliphatic rings. The molecule has 0 aromatic carbocycles. The van der Waals surface area contributed by atoms with Gasteiger partial charge in [-0.25, -0.2) is 0 Å². The normalized spacial score (nSPS) is 12.5. The van der Waals surface area contributed by atoms with Crippen LogP contribution >= 0.6 is 34.5 Å². The Balaban J connectivity index is 2.28. The molecule has 2 rings (SSSR count). The highest BCUT2D eigenvalue weighted by Gasteiger charge is 2.18. The third kappa shape index (κ3) is 3.09. The number of aliphatic hydroxyl groups excluding tert-OH is 1. The summed E-state index contributed by atoms with van der Waals surface area (Å²) in [4.78, 5) is 4.38. The van der Waals surface area contributed by atoms with Crippen molar-refractivity contribution in [1.82, 2.24) is 4.98 Å². The maximum atomic E-state index is 10.3. The lowest BCUT2D eigenvalue weighted by Crippen LogP contribution is -2.06. The molecule has 20 heavy (non-hydrogen) atoms. The Kier molecular flexibility index (Phi) is 4.91. The number of rotatable bonds is 4. The number of methoxy groups -OCH3 is 1. The average Bonchev–Trinajstić information content (AvgIpc) is 2.73. The Hall–Kier alpha value is -0.810. The first-order chi connectivity index (χ1) is 9.43. The molecule has 2 heterocycles. The SMILES string of the molecule is COc1c(C)cnc(CC(O)c2cc(Cl)sc2Cl)c1C. The molecular formula is C14H15Cl2NO2S. The van der Waals surface area contributed by atoms with E-state index in [1.807, 2.05) is 13.8 Å². The van der Waals surface area contributed by atoms with E-state index in [0.717, 1.165) is 22.6 Å². The van der Waals surface area contributed by atoms with Crippen LogP contribution in [0.2, 0.25) is 8.67 Å². The second-order valence-electron chi connectivity index (χ2n) is 4.55. The molecule has 0 saturated heterocycles. The minimum atomic E-state index is -0.732. The number of aryl methyl sites for hydroxylation is 1. The summed E-state index contributed by atoms with van der Waals surface area (Å²) in [6.45, 7) is 3.87. The molecule has 2 aromatic rings. The number of halogens is 2. The largest absolute Gasteiger partial charge is 0.496 e. The molecule has 1 unspecified atom stereocenters. The van der Waals surface area contributed by atoms with E-state index in [1.165, 1.54) is 11.3 Å². The molecule has 0 amide bonds. The van der Waals surface area contributed by atoms with Crippen LogP contribution in [-0.4, -0.2) is 17.2 Å². The zero-order valence-corrected chi connectivity index (χ0v) is 13.7. The summed E-state index contributed by atoms with van der Waals surface area (Å²) < 4.78 is 6.44. The molecule has 3 nitrogen and oxygen atoms in total. The molecule has 0 fully saturated rings. The average molecular weight is 332 g/mol. The van der Waals surface area contributed by atoms with Crippen molar-refractivity contribution in [2.24, 2.45) is 0 Å². The van der Waals surface area contributed by atoms with Crippen LogP contribution in [0.4, 0.5) is 0 Å². The van der Waals surface area contributed by atoms with Crippen molar-refractivity contribution in [2.45, 2.75) is 26.4 Å². The van der Waals surface area contributed by atoms with Gasteiger partial charge in [0.2, 0.25) is 0 Å². The van der Waals surface area contributed by atoms with Gasteiger partial charge < -0.3 is 9.84 Å². The summed E-state index contributed by atoms with van der Waals surface area (Å²) in [5.41, 5.74) is 3.34. The molecule has 6 heteroatoms. The first-order valence-electron chi connectivity index (χ1n) is 6.06. The van der Waals surface area contributed by atoms with Crippen molar-refractivity contribution < 1.29 is 9.84 Å². The monoisotopic (exact) mass is 331 g/mol. The lowest BCUT2D eigenvalue weighted by molar-refractivity contribution is 0.177. The molecule has 0 spiro atoms. The van der Waals surface area contributed by atoms with Crippen LogP contribution in [0.15, 0.2) is 12.3 Å². The number of aromatic nitrogens is 1. The van der Waals surface area contributed by atoms with Gasteiger partial charge in [-0.2, -0.15) is 0 Å². The van der Waals surface area contributed by atoms with E-state index in [2.05, 4.69) is 4.98 Å². The fourth-order valence-corrected chi connectivity index (χ4v) is 3.72. The highest BCUT2D eigenvalue weighted by Crippen LogP contribution is 2.36. The molecule has 0 saturated carbocycles. The Bertz CT molecular complexity index is 628. The quantitative estimate of drug-likeness (QED) is 0.905. The Morgan fingerprint density at radius 3 is 2.65 bits per heavy atom. The predicted octanol–water partition coefficient (Wildman–Crippen LogP) is 4.35. The van der Waals surface area contributed by atoms with E-state index in [9.17, 15) is 5.11 Å². The van der Waals surface area contributed by atoms with Gasteiger partial charge in [-0.05, 0) is 19.9 Å². The predicted molar refractivity (Wildman–Crippen MR) is 83.3 cm³/mol. The van der Waals surface area contributed by atoms with E-state index in [4.69, 9.17) is 27.9 Å². The lowest BCUT2D eigenvalue weighted by atomic mass is 10.0. The van der Waals surface area contributed by atoms with E-state index in [-0.39, 0.29) is 0 Å². The van der Waals surface area contributed by atoms with Crippen molar-refractivity contribution in [3.63, 3.8) is 0 Å². The van der Waals surface area contributed by atoms with Gasteiger partial charge in [0.15, 0.2) is 0 Å². The number of hydrogen-bond acceptors (Lipinski definition) is 4. The second kappa shape index (κ2) is 6.31. The molecule has 108 valence electrons. The Labute approximate surface area is 132 Å². The fraction of sp³-hybridized carbons (Fsp3) is 0.357. The number of pyridine rings is 1. The van der Waals surface area contributed by atoms with Gasteiger partial charge in [-0.1, -0.05) is 23.2 Å². The maximum absolute atomic E-state index is 10.3.